The largest absolute Gasteiger partial charge is 0.493 e. The number of nitrogens with zero attached hydrogens (tertiary/aromatic N) is 1. The summed E-state index contributed by atoms with van der Waals surface area (Å²) in [6.45, 7) is 5.49. The number of amides is 3. The highest BCUT2D eigenvalue weighted by Crippen LogP contribution is 2.34. The molecule has 1 heterocycles. The first kappa shape index (κ1) is 22.2. The Balaban J connectivity index is 1.71. The summed E-state index contributed by atoms with van der Waals surface area (Å²) in [5.41, 5.74) is 2.26. The number of aryl methyl sites for hydroxylation is 1. The molecule has 1 aliphatic rings. The number of ether oxygens (including phenoxy) is 2. The minimum absolute atomic E-state index is 0.232. The summed E-state index contributed by atoms with van der Waals surface area (Å²) in [5.74, 6) is 0.0766. The maximum absolute atomic E-state index is 12.7. The van der Waals surface area contributed by atoms with Gasteiger partial charge in [-0.25, -0.2) is 0 Å². The number of nitrogens with one attached hydrogen (secondary N) is 1. The van der Waals surface area contributed by atoms with Gasteiger partial charge in [-0.3, -0.25) is 19.3 Å². The van der Waals surface area contributed by atoms with Crippen molar-refractivity contribution < 1.29 is 23.9 Å². The van der Waals surface area contributed by atoms with Crippen LogP contribution >= 0.6 is 11.8 Å². The van der Waals surface area contributed by atoms with E-state index in [1.807, 2.05) is 19.1 Å². The van der Waals surface area contributed by atoms with E-state index in [1.165, 1.54) is 7.11 Å². The van der Waals surface area contributed by atoms with Crippen LogP contribution in [-0.2, 0) is 9.59 Å². The maximum atomic E-state index is 12.7. The highest BCUT2D eigenvalue weighted by atomic mass is 32.2. The molecule has 31 heavy (non-hydrogen) atoms. The molecule has 1 fully saturated rings. The van der Waals surface area contributed by atoms with Gasteiger partial charge in [0.25, 0.3) is 11.1 Å². The van der Waals surface area contributed by atoms with Crippen molar-refractivity contribution >= 4 is 40.6 Å². The van der Waals surface area contributed by atoms with Crippen LogP contribution in [-0.4, -0.2) is 42.2 Å². The summed E-state index contributed by atoms with van der Waals surface area (Å²) >= 11 is 0.792. The summed E-state index contributed by atoms with van der Waals surface area (Å²) in [5, 5.41) is 2.21. The van der Waals surface area contributed by atoms with Crippen molar-refractivity contribution in [2.24, 2.45) is 0 Å². The molecule has 1 saturated heterocycles. The molecule has 0 aromatic heterocycles. The second kappa shape index (κ2) is 9.99. The van der Waals surface area contributed by atoms with Gasteiger partial charge in [0.1, 0.15) is 13.2 Å². The Kier molecular flexibility index (Phi) is 7.15. The Morgan fingerprint density at radius 1 is 1.19 bits per heavy atom. The monoisotopic (exact) mass is 438 g/mol. The van der Waals surface area contributed by atoms with E-state index < -0.39 is 17.1 Å². The van der Waals surface area contributed by atoms with Crippen LogP contribution < -0.4 is 14.8 Å². The van der Waals surface area contributed by atoms with E-state index in [-0.39, 0.29) is 11.4 Å². The van der Waals surface area contributed by atoms with Gasteiger partial charge in [-0.15, -0.1) is 0 Å². The van der Waals surface area contributed by atoms with Crippen LogP contribution in [0, 0.1) is 6.92 Å². The molecule has 0 spiro atoms. The lowest BCUT2D eigenvalue weighted by Gasteiger charge is -2.12. The zero-order valence-electron chi connectivity index (χ0n) is 17.2. The van der Waals surface area contributed by atoms with Gasteiger partial charge in [0.05, 0.1) is 12.0 Å². The molecule has 8 heteroatoms. The molecule has 3 rings (SSSR count). The molecule has 0 atom stereocenters. The van der Waals surface area contributed by atoms with E-state index in [2.05, 4.69) is 11.9 Å². The van der Waals surface area contributed by atoms with Gasteiger partial charge < -0.3 is 14.8 Å². The van der Waals surface area contributed by atoms with Crippen LogP contribution in [0.2, 0.25) is 0 Å². The van der Waals surface area contributed by atoms with Crippen LogP contribution in [0.5, 0.6) is 11.5 Å². The third kappa shape index (κ3) is 5.55. The molecule has 0 radical (unpaired) electrons. The van der Waals surface area contributed by atoms with E-state index in [1.54, 1.807) is 42.5 Å². The Hall–Kier alpha value is -3.52. The number of benzene rings is 2. The second-order valence-electron chi connectivity index (χ2n) is 6.70. The van der Waals surface area contributed by atoms with Crippen molar-refractivity contribution in [3.63, 3.8) is 0 Å². The molecule has 0 aliphatic carbocycles. The molecule has 7 nitrogen and oxygen atoms in total. The zero-order chi connectivity index (χ0) is 22.4. The normalized spacial score (nSPS) is 14.6. The fraction of sp³-hybridized carbons (Fsp3) is 0.174. The molecule has 2 aromatic rings. The minimum atomic E-state index is -0.514. The number of methoxy groups -OCH3 is 1. The van der Waals surface area contributed by atoms with Crippen molar-refractivity contribution in [2.45, 2.75) is 6.92 Å². The lowest BCUT2D eigenvalue weighted by molar-refractivity contribution is -0.127. The van der Waals surface area contributed by atoms with Crippen LogP contribution in [0.1, 0.15) is 11.1 Å². The maximum Gasteiger partial charge on any atom is 0.294 e. The number of hydrogen-bond acceptors (Lipinski definition) is 6. The Morgan fingerprint density at radius 3 is 2.71 bits per heavy atom. The minimum Gasteiger partial charge on any atom is -0.493 e. The van der Waals surface area contributed by atoms with Gasteiger partial charge in [0, 0.05) is 5.69 Å². The topological polar surface area (TPSA) is 84.9 Å². The quantitative estimate of drug-likeness (QED) is 0.490. The van der Waals surface area contributed by atoms with Crippen LogP contribution in [0.4, 0.5) is 10.5 Å². The average Bonchev–Trinajstić information content (AvgIpc) is 3.00. The van der Waals surface area contributed by atoms with Crippen molar-refractivity contribution in [3.8, 4) is 11.5 Å². The van der Waals surface area contributed by atoms with Crippen molar-refractivity contribution in [2.75, 3.05) is 25.6 Å². The highest BCUT2D eigenvalue weighted by molar-refractivity contribution is 8.18. The summed E-state index contributed by atoms with van der Waals surface area (Å²) in [7, 11) is 1.51. The highest BCUT2D eigenvalue weighted by Gasteiger charge is 2.36. The van der Waals surface area contributed by atoms with Crippen molar-refractivity contribution in [3.05, 3.63) is 71.2 Å². The van der Waals surface area contributed by atoms with E-state index >= 15 is 0 Å². The summed E-state index contributed by atoms with van der Waals surface area (Å²) in [4.78, 5) is 38.5. The number of hydrogen-bond donors (Lipinski definition) is 1. The average molecular weight is 439 g/mol. The van der Waals surface area contributed by atoms with Gasteiger partial charge in [0.2, 0.25) is 5.91 Å². The Labute approximate surface area is 184 Å². The number of carbonyl (C=O) groups excluding carboxylic acids is 3. The smallest absolute Gasteiger partial charge is 0.294 e. The third-order valence-electron chi connectivity index (χ3n) is 4.32. The third-order valence-corrected chi connectivity index (χ3v) is 5.23. The number of anilines is 1. The molecule has 0 saturated carbocycles. The predicted octanol–water partition coefficient (Wildman–Crippen LogP) is 4.24. The van der Waals surface area contributed by atoms with E-state index in [0.29, 0.717) is 29.4 Å². The van der Waals surface area contributed by atoms with Crippen molar-refractivity contribution in [1.82, 2.24) is 4.90 Å². The summed E-state index contributed by atoms with van der Waals surface area (Å²) in [6, 6.07) is 12.4. The molecular weight excluding hydrogens is 416 g/mol. The van der Waals surface area contributed by atoms with Gasteiger partial charge in [0.15, 0.2) is 11.5 Å². The number of imide groups is 1. The van der Waals surface area contributed by atoms with E-state index in [4.69, 9.17) is 9.47 Å². The zero-order valence-corrected chi connectivity index (χ0v) is 18.0. The SMILES string of the molecule is C=CCOc1ccc(/C=C2/SC(=O)N(CC(=O)Nc3cccc(C)c3)C2=O)cc1OC. The second-order valence-corrected chi connectivity index (χ2v) is 7.69. The molecular formula is C23H22N2O5S. The standard InChI is InChI=1S/C23H22N2O5S/c1-4-10-30-18-9-8-16(12-19(18)29-3)13-20-22(27)25(23(28)31-20)14-21(26)24-17-7-5-6-15(2)11-17/h4-9,11-13H,1,10,14H2,2-3H3,(H,24,26)/b20-13+. The lowest BCUT2D eigenvalue weighted by atomic mass is 10.2. The Bertz CT molecular complexity index is 1060. The molecule has 160 valence electrons. The fourth-order valence-corrected chi connectivity index (χ4v) is 3.73. The first-order valence-electron chi connectivity index (χ1n) is 9.45. The fourth-order valence-electron chi connectivity index (χ4n) is 2.90. The molecule has 3 amide bonds. The van der Waals surface area contributed by atoms with Crippen molar-refractivity contribution in [1.29, 1.82) is 0 Å². The Morgan fingerprint density at radius 2 is 2.00 bits per heavy atom. The molecule has 1 aliphatic heterocycles. The molecule has 0 unspecified atom stereocenters. The first-order chi connectivity index (χ1) is 14.9. The van der Waals surface area contributed by atoms with Gasteiger partial charge in [-0.2, -0.15) is 0 Å². The van der Waals surface area contributed by atoms with Gasteiger partial charge in [-0.1, -0.05) is 30.9 Å². The molecule has 1 N–H and O–H groups in total. The van der Waals surface area contributed by atoms with Crippen LogP contribution in [0.25, 0.3) is 6.08 Å². The summed E-state index contributed by atoms with van der Waals surface area (Å²) in [6.07, 6.45) is 3.21. The number of carbonyl (C=O) groups is 3. The first-order valence-corrected chi connectivity index (χ1v) is 10.3. The number of rotatable bonds is 8. The lowest BCUT2D eigenvalue weighted by Crippen LogP contribution is -2.36. The van der Waals surface area contributed by atoms with Gasteiger partial charge >= 0.3 is 0 Å². The molecule has 2 aromatic carbocycles. The van der Waals surface area contributed by atoms with Crippen LogP contribution in [0.15, 0.2) is 60.0 Å². The van der Waals surface area contributed by atoms with Crippen LogP contribution in [0.3, 0.4) is 0 Å². The van der Waals surface area contributed by atoms with E-state index in [9.17, 15) is 14.4 Å². The van der Waals surface area contributed by atoms with E-state index in [0.717, 1.165) is 22.2 Å². The predicted molar refractivity (Wildman–Crippen MR) is 121 cm³/mol. The summed E-state index contributed by atoms with van der Waals surface area (Å²) < 4.78 is 10.8. The number of thioether (sulfide) groups is 1. The molecule has 0 bridgehead atoms. The van der Waals surface area contributed by atoms with Gasteiger partial charge in [-0.05, 0) is 60.2 Å².